The van der Waals surface area contributed by atoms with E-state index in [-0.39, 0.29) is 5.82 Å². The summed E-state index contributed by atoms with van der Waals surface area (Å²) in [4.78, 5) is 11.8. The Morgan fingerprint density at radius 1 is 1.43 bits per heavy atom. The van der Waals surface area contributed by atoms with Crippen LogP contribution in [0.2, 0.25) is 5.02 Å². The third-order valence-electron chi connectivity index (χ3n) is 2.63. The van der Waals surface area contributed by atoms with E-state index in [1.165, 1.54) is 12.1 Å². The topological polar surface area (TPSA) is 44.1 Å². The maximum absolute atomic E-state index is 13.0. The first-order valence-electron chi connectivity index (χ1n) is 6.45. The van der Waals surface area contributed by atoms with Crippen molar-refractivity contribution in [2.75, 3.05) is 0 Å². The van der Waals surface area contributed by atoms with Crippen LogP contribution in [0.3, 0.4) is 0 Å². The molecule has 6 heteroatoms. The van der Waals surface area contributed by atoms with Gasteiger partial charge in [-0.05, 0) is 44.0 Å². The van der Waals surface area contributed by atoms with Crippen LogP contribution >= 0.6 is 11.6 Å². The van der Waals surface area contributed by atoms with Gasteiger partial charge in [0.05, 0.1) is 6.20 Å². The van der Waals surface area contributed by atoms with Crippen LogP contribution in [0.1, 0.15) is 31.9 Å². The van der Waals surface area contributed by atoms with Gasteiger partial charge < -0.3 is 4.74 Å². The van der Waals surface area contributed by atoms with Crippen molar-refractivity contribution >= 4 is 17.7 Å². The number of nitrogens with zero attached hydrogens (tertiary/aromatic N) is 2. The molecule has 2 aromatic rings. The van der Waals surface area contributed by atoms with Crippen LogP contribution in [0.5, 0.6) is 0 Å². The summed E-state index contributed by atoms with van der Waals surface area (Å²) >= 11 is 5.98. The molecule has 0 spiro atoms. The van der Waals surface area contributed by atoms with Crippen LogP contribution in [-0.2, 0) is 11.2 Å². The third-order valence-corrected chi connectivity index (χ3v) is 2.98. The molecule has 0 N–H and O–H groups in total. The van der Waals surface area contributed by atoms with E-state index in [0.717, 1.165) is 15.8 Å². The molecule has 112 valence electrons. The minimum Gasteiger partial charge on any atom is -0.442 e. The first-order chi connectivity index (χ1) is 9.74. The van der Waals surface area contributed by atoms with Gasteiger partial charge in [0, 0.05) is 17.6 Å². The maximum atomic E-state index is 13.0. The van der Waals surface area contributed by atoms with Crippen molar-refractivity contribution in [1.29, 1.82) is 0 Å². The fraction of sp³-hybridized carbons (Fsp3) is 0.333. The van der Waals surface area contributed by atoms with Crippen LogP contribution in [0.15, 0.2) is 30.6 Å². The molecular formula is C15H16ClFN2O2. The molecule has 0 aliphatic rings. The molecule has 0 fully saturated rings. The molecule has 1 aromatic carbocycles. The van der Waals surface area contributed by atoms with Gasteiger partial charge in [-0.25, -0.2) is 9.18 Å². The fourth-order valence-corrected chi connectivity index (χ4v) is 1.98. The van der Waals surface area contributed by atoms with Crippen molar-refractivity contribution in [3.8, 4) is 0 Å². The van der Waals surface area contributed by atoms with Gasteiger partial charge in [0.15, 0.2) is 0 Å². The van der Waals surface area contributed by atoms with E-state index in [4.69, 9.17) is 16.3 Å². The summed E-state index contributed by atoms with van der Waals surface area (Å²) in [5, 5.41) is 4.32. The van der Waals surface area contributed by atoms with Crippen LogP contribution in [0.25, 0.3) is 0 Å². The smallest absolute Gasteiger partial charge is 0.435 e. The van der Waals surface area contributed by atoms with Crippen molar-refractivity contribution in [3.05, 3.63) is 52.6 Å². The van der Waals surface area contributed by atoms with Crippen LogP contribution < -0.4 is 0 Å². The lowest BCUT2D eigenvalue weighted by Crippen LogP contribution is -2.27. The Hall–Kier alpha value is -1.88. The highest BCUT2D eigenvalue weighted by Gasteiger charge is 2.18. The van der Waals surface area contributed by atoms with Crippen molar-refractivity contribution in [3.63, 3.8) is 0 Å². The first kappa shape index (κ1) is 15.5. The van der Waals surface area contributed by atoms with Crippen LogP contribution in [0, 0.1) is 5.82 Å². The minimum absolute atomic E-state index is 0.347. The number of rotatable bonds is 2. The summed E-state index contributed by atoms with van der Waals surface area (Å²) in [5.74, 6) is -0.381. The normalized spacial score (nSPS) is 11.5. The highest BCUT2D eigenvalue weighted by atomic mass is 35.5. The second-order valence-electron chi connectivity index (χ2n) is 5.69. The first-order valence-corrected chi connectivity index (χ1v) is 6.83. The number of carbonyl (C=O) groups is 1. The minimum atomic E-state index is -0.580. The molecule has 0 bridgehead atoms. The molecule has 1 heterocycles. The molecule has 4 nitrogen and oxygen atoms in total. The lowest BCUT2D eigenvalue weighted by Gasteiger charge is -2.18. The summed E-state index contributed by atoms with van der Waals surface area (Å²) in [6, 6.07) is 4.22. The Morgan fingerprint density at radius 3 is 2.76 bits per heavy atom. The van der Waals surface area contributed by atoms with E-state index in [1.807, 2.05) is 0 Å². The van der Waals surface area contributed by atoms with E-state index >= 15 is 0 Å². The molecular weight excluding hydrogens is 295 g/mol. The second kappa shape index (κ2) is 5.85. The number of halogens is 2. The van der Waals surface area contributed by atoms with Gasteiger partial charge in [0.1, 0.15) is 11.4 Å². The summed E-state index contributed by atoms with van der Waals surface area (Å²) in [6.07, 6.45) is 3.05. The Bertz CT molecular complexity index is 662. The van der Waals surface area contributed by atoms with Gasteiger partial charge in [-0.3, -0.25) is 0 Å². The number of benzene rings is 1. The molecule has 21 heavy (non-hydrogen) atoms. The summed E-state index contributed by atoms with van der Waals surface area (Å²) in [6.45, 7) is 5.36. The average molecular weight is 311 g/mol. The molecule has 0 amide bonds. The van der Waals surface area contributed by atoms with Gasteiger partial charge in [-0.1, -0.05) is 17.7 Å². The highest BCUT2D eigenvalue weighted by Crippen LogP contribution is 2.20. The molecule has 0 aliphatic carbocycles. The lowest BCUT2D eigenvalue weighted by atomic mass is 10.1. The average Bonchev–Trinajstić information content (AvgIpc) is 2.79. The van der Waals surface area contributed by atoms with Crippen LogP contribution in [-0.4, -0.2) is 21.5 Å². The van der Waals surface area contributed by atoms with Crippen molar-refractivity contribution in [2.24, 2.45) is 0 Å². The maximum Gasteiger partial charge on any atom is 0.435 e. The Labute approximate surface area is 127 Å². The van der Waals surface area contributed by atoms with E-state index in [9.17, 15) is 9.18 Å². The quantitative estimate of drug-likeness (QED) is 0.840. The number of ether oxygens (including phenoxy) is 1. The zero-order chi connectivity index (χ0) is 15.6. The number of carbonyl (C=O) groups excluding carboxylic acids is 1. The number of aromatic nitrogens is 2. The Balaban J connectivity index is 2.11. The van der Waals surface area contributed by atoms with Gasteiger partial charge >= 0.3 is 6.09 Å². The molecule has 0 atom stereocenters. The number of hydrogen-bond donors (Lipinski definition) is 0. The van der Waals surface area contributed by atoms with E-state index in [1.54, 1.807) is 39.2 Å². The SMILES string of the molecule is CC(C)(C)OC(=O)n1cc(Cc2ccc(F)cc2Cl)cn1. The van der Waals surface area contributed by atoms with E-state index in [2.05, 4.69) is 5.10 Å². The highest BCUT2D eigenvalue weighted by molar-refractivity contribution is 6.31. The third kappa shape index (κ3) is 4.29. The molecule has 0 saturated heterocycles. The van der Waals surface area contributed by atoms with E-state index < -0.39 is 11.7 Å². The summed E-state index contributed by atoms with van der Waals surface area (Å²) in [7, 11) is 0. The second-order valence-corrected chi connectivity index (χ2v) is 6.09. The monoisotopic (exact) mass is 310 g/mol. The molecule has 1 aromatic heterocycles. The summed E-state index contributed by atoms with van der Waals surface area (Å²) < 4.78 is 19.3. The molecule has 0 aliphatic heterocycles. The molecule has 0 saturated carbocycles. The molecule has 0 radical (unpaired) electrons. The number of hydrogen-bond acceptors (Lipinski definition) is 3. The van der Waals surface area contributed by atoms with Gasteiger partial charge in [-0.15, -0.1) is 0 Å². The van der Waals surface area contributed by atoms with E-state index in [0.29, 0.717) is 11.4 Å². The Morgan fingerprint density at radius 2 is 2.14 bits per heavy atom. The van der Waals surface area contributed by atoms with Crippen molar-refractivity contribution < 1.29 is 13.9 Å². The predicted molar refractivity (Wildman–Crippen MR) is 78.1 cm³/mol. The van der Waals surface area contributed by atoms with Crippen LogP contribution in [0.4, 0.5) is 9.18 Å². The molecule has 0 unspecified atom stereocenters. The zero-order valence-electron chi connectivity index (χ0n) is 12.1. The van der Waals surface area contributed by atoms with Gasteiger partial charge in [-0.2, -0.15) is 9.78 Å². The Kier molecular flexibility index (Phi) is 4.32. The lowest BCUT2D eigenvalue weighted by molar-refractivity contribution is 0.0514. The largest absolute Gasteiger partial charge is 0.442 e. The summed E-state index contributed by atoms with van der Waals surface area (Å²) in [5.41, 5.74) is 0.972. The van der Waals surface area contributed by atoms with Gasteiger partial charge in [0.25, 0.3) is 0 Å². The van der Waals surface area contributed by atoms with Gasteiger partial charge in [0.2, 0.25) is 0 Å². The zero-order valence-corrected chi connectivity index (χ0v) is 12.8. The molecule has 2 rings (SSSR count). The fourth-order valence-electron chi connectivity index (χ4n) is 1.74. The van der Waals surface area contributed by atoms with Crippen molar-refractivity contribution in [1.82, 2.24) is 9.78 Å². The predicted octanol–water partition coefficient (Wildman–Crippen LogP) is 4.05. The van der Waals surface area contributed by atoms with Crippen molar-refractivity contribution in [2.45, 2.75) is 32.8 Å². The standard InChI is InChI=1S/C15H16ClFN2O2/c1-15(2,3)21-14(20)19-9-10(8-18-19)6-11-4-5-12(17)7-13(11)16/h4-5,7-9H,6H2,1-3H3.